The minimum Gasteiger partial charge on any atom is -0.451 e. The molecule has 0 N–H and O–H groups in total. The van der Waals surface area contributed by atoms with Crippen LogP contribution in [-0.2, 0) is 52.2 Å². The minimum absolute atomic E-state index is 0.197. The van der Waals surface area contributed by atoms with Gasteiger partial charge in [0.1, 0.15) is 11.2 Å². The molecule has 0 aromatic rings. The first kappa shape index (κ1) is 59.3. The molecule has 0 atom stereocenters. The maximum absolute atomic E-state index is 12.6. The van der Waals surface area contributed by atoms with Crippen LogP contribution >= 0.6 is 0 Å². The van der Waals surface area contributed by atoms with E-state index >= 15 is 0 Å². The third-order valence-corrected chi connectivity index (χ3v) is 13.7. The van der Waals surface area contributed by atoms with Crippen molar-refractivity contribution < 1.29 is 78.5 Å². The molecule has 5 aliphatic rings. The molecule has 5 aliphatic heterocycles. The van der Waals surface area contributed by atoms with Crippen LogP contribution in [0.3, 0.4) is 0 Å². The SMILES string of the molecule is CC1(C)OC(=C(F)F)OC1(C)C.CC1(C)OC(C(=O)F)(C(F)(F)F)OC1(C)C.CC1(C)OC(C)(C)C(C)(C)O1.CCC1(C)OC(C)(C)C(C)(C)O1.CCC1(C)OC(C)(C)C(C)(C)O1. The van der Waals surface area contributed by atoms with Crippen LogP contribution in [0.15, 0.2) is 12.0 Å². The van der Waals surface area contributed by atoms with Gasteiger partial charge < -0.3 is 47.4 Å². The number of hydrogen-bond donors (Lipinski definition) is 0. The highest BCUT2D eigenvalue weighted by molar-refractivity contribution is 5.78. The molecule has 0 aromatic heterocycles. The Bertz CT molecular complexity index is 1510. The van der Waals surface area contributed by atoms with Gasteiger partial charge in [-0.1, -0.05) is 13.8 Å². The topological polar surface area (TPSA) is 109 Å². The molecule has 5 saturated heterocycles. The lowest BCUT2D eigenvalue weighted by Gasteiger charge is -2.30. The smallest absolute Gasteiger partial charge is 0.451 e. The van der Waals surface area contributed by atoms with Crippen molar-refractivity contribution in [3.63, 3.8) is 0 Å². The summed E-state index contributed by atoms with van der Waals surface area (Å²) >= 11 is 0. The normalized spacial score (nSPS) is 28.7. The lowest BCUT2D eigenvalue weighted by atomic mass is 9.90. The van der Waals surface area contributed by atoms with Crippen molar-refractivity contribution in [3.05, 3.63) is 12.0 Å². The van der Waals surface area contributed by atoms with Crippen LogP contribution < -0.4 is 0 Å². The molecule has 0 bridgehead atoms. The first-order valence-corrected chi connectivity index (χ1v) is 21.5. The van der Waals surface area contributed by atoms with E-state index in [0.717, 1.165) is 12.8 Å². The molecule has 0 unspecified atom stereocenters. The van der Waals surface area contributed by atoms with E-state index in [2.05, 4.69) is 106 Å². The maximum Gasteiger partial charge on any atom is 0.454 e. The Morgan fingerprint density at radius 3 is 0.730 bits per heavy atom. The molecular weight excluding hydrogens is 842 g/mol. The molecule has 5 heterocycles. The van der Waals surface area contributed by atoms with E-state index in [1.54, 1.807) is 27.7 Å². The highest BCUT2D eigenvalue weighted by Crippen LogP contribution is 2.52. The zero-order chi connectivity index (χ0) is 50.7. The summed E-state index contributed by atoms with van der Waals surface area (Å²) in [5.41, 5.74) is -5.50. The molecule has 63 heavy (non-hydrogen) atoms. The van der Waals surface area contributed by atoms with Gasteiger partial charge in [-0.15, -0.1) is 0 Å². The van der Waals surface area contributed by atoms with E-state index in [9.17, 15) is 31.1 Å². The van der Waals surface area contributed by atoms with E-state index in [4.69, 9.17) is 37.9 Å². The number of ether oxygens (including phenoxy) is 10. The van der Waals surface area contributed by atoms with E-state index in [-0.39, 0.29) is 33.6 Å². The number of alkyl halides is 3. The molecule has 0 saturated carbocycles. The predicted molar refractivity (Wildman–Crippen MR) is 227 cm³/mol. The quantitative estimate of drug-likeness (QED) is 0.199. The lowest BCUT2D eigenvalue weighted by molar-refractivity contribution is -0.342. The summed E-state index contributed by atoms with van der Waals surface area (Å²) in [6.45, 7) is 48.9. The number of carbonyl (C=O) groups is 1. The van der Waals surface area contributed by atoms with Gasteiger partial charge in [0, 0.05) is 0 Å². The van der Waals surface area contributed by atoms with Crippen LogP contribution in [0.25, 0.3) is 0 Å². The van der Waals surface area contributed by atoms with Gasteiger partial charge in [-0.05, 0) is 179 Å². The van der Waals surface area contributed by atoms with Gasteiger partial charge in [-0.25, -0.2) is 0 Å². The van der Waals surface area contributed by atoms with Crippen LogP contribution in [0.1, 0.15) is 193 Å². The third kappa shape index (κ3) is 12.8. The highest BCUT2D eigenvalue weighted by Gasteiger charge is 2.74. The van der Waals surface area contributed by atoms with E-state index < -0.39 is 69.8 Å². The van der Waals surface area contributed by atoms with E-state index in [0.29, 0.717) is 0 Å². The Labute approximate surface area is 374 Å². The first-order valence-electron chi connectivity index (χ1n) is 21.5. The van der Waals surface area contributed by atoms with Crippen molar-refractivity contribution in [1.82, 2.24) is 0 Å². The van der Waals surface area contributed by atoms with E-state index in [1.165, 1.54) is 27.7 Å². The van der Waals surface area contributed by atoms with E-state index in [1.807, 2.05) is 27.7 Å². The van der Waals surface area contributed by atoms with Gasteiger partial charge in [0.15, 0.2) is 17.4 Å². The molecule has 0 radical (unpaired) electrons. The molecule has 17 heteroatoms. The molecule has 11 nitrogen and oxygen atoms in total. The second kappa shape index (κ2) is 17.7. The molecule has 0 amide bonds. The van der Waals surface area contributed by atoms with Gasteiger partial charge in [0.05, 0.1) is 44.8 Å². The van der Waals surface area contributed by atoms with Gasteiger partial charge >= 0.3 is 30.0 Å². The van der Waals surface area contributed by atoms with Crippen molar-refractivity contribution in [2.45, 2.75) is 278 Å². The largest absolute Gasteiger partial charge is 0.454 e. The first-order chi connectivity index (χ1) is 27.2. The number of halogens is 6. The molecule has 0 aromatic carbocycles. The zero-order valence-electron chi connectivity index (χ0n) is 43.2. The standard InChI is InChI=1S/2C10H20O2.C9H12F4O3.C9H18O2.C8H12F2O2/c2*1-7-10(6)11-8(2,3)9(4,5)12-10;1-6(2)7(3,4)16-8(15-6,5(10)14)9(11,12)13;1-7(2)8(3,4)11-9(5,6)10-7;1-7(2)8(3,4)12-6(11-7)5(9)10/h2*7H2,1-6H3;1-4H3;1-6H3;1-4H3. The molecule has 0 aliphatic carbocycles. The maximum atomic E-state index is 12.6. The average Bonchev–Trinajstić information content (AvgIpc) is 3.57. The Balaban J connectivity index is 0.000000396. The number of rotatable bonds is 3. The Morgan fingerprint density at radius 1 is 0.397 bits per heavy atom. The second-order valence-corrected chi connectivity index (χ2v) is 22.4. The lowest BCUT2D eigenvalue weighted by Crippen LogP contribution is -2.53. The fourth-order valence-electron chi connectivity index (χ4n) is 6.58. The molecule has 5 fully saturated rings. The third-order valence-electron chi connectivity index (χ3n) is 13.7. The predicted octanol–water partition coefficient (Wildman–Crippen LogP) is 12.8. The summed E-state index contributed by atoms with van der Waals surface area (Å²) in [6, 6.07) is -2.70. The van der Waals surface area contributed by atoms with Crippen molar-refractivity contribution in [2.75, 3.05) is 0 Å². The second-order valence-electron chi connectivity index (χ2n) is 22.4. The van der Waals surface area contributed by atoms with Crippen molar-refractivity contribution in [3.8, 4) is 0 Å². The highest BCUT2D eigenvalue weighted by atomic mass is 19.4. The summed E-state index contributed by atoms with van der Waals surface area (Å²) in [6.07, 6.45) is -5.39. The average molecular weight is 925 g/mol. The van der Waals surface area contributed by atoms with Gasteiger partial charge in [0.25, 0.3) is 0 Å². The fraction of sp³-hybridized carbons (Fsp3) is 0.935. The van der Waals surface area contributed by atoms with Crippen LogP contribution in [0, 0.1) is 0 Å². The molecular formula is C46H82F6O11. The van der Waals surface area contributed by atoms with Gasteiger partial charge in [-0.3, -0.25) is 4.79 Å². The number of carbonyl (C=O) groups excluding carboxylic acids is 1. The Hall–Kier alpha value is -1.73. The van der Waals surface area contributed by atoms with Gasteiger partial charge in [-0.2, -0.15) is 26.3 Å². The van der Waals surface area contributed by atoms with Crippen LogP contribution in [0.4, 0.5) is 26.3 Å². The monoisotopic (exact) mass is 925 g/mol. The summed E-state index contributed by atoms with van der Waals surface area (Å²) in [4.78, 5) is 10.6. The van der Waals surface area contributed by atoms with Crippen LogP contribution in [0.2, 0.25) is 0 Å². The zero-order valence-corrected chi connectivity index (χ0v) is 43.2. The minimum atomic E-state index is -5.26. The van der Waals surface area contributed by atoms with Crippen molar-refractivity contribution >= 4 is 6.04 Å². The van der Waals surface area contributed by atoms with Crippen LogP contribution in [0.5, 0.6) is 0 Å². The Kier molecular flexibility index (Phi) is 16.7. The molecule has 0 spiro atoms. The summed E-state index contributed by atoms with van der Waals surface area (Å²) in [7, 11) is 0. The summed E-state index contributed by atoms with van der Waals surface area (Å²) < 4.78 is 129. The van der Waals surface area contributed by atoms with Gasteiger partial charge in [0.2, 0.25) is 0 Å². The van der Waals surface area contributed by atoms with Crippen molar-refractivity contribution in [1.29, 1.82) is 0 Å². The Morgan fingerprint density at radius 2 is 0.619 bits per heavy atom. The summed E-state index contributed by atoms with van der Waals surface area (Å²) in [5.74, 6) is -5.68. The molecule has 374 valence electrons. The molecule has 5 rings (SSSR count). The van der Waals surface area contributed by atoms with Crippen LogP contribution in [-0.4, -0.2) is 91.4 Å². The number of hydrogen-bond acceptors (Lipinski definition) is 11. The summed E-state index contributed by atoms with van der Waals surface area (Å²) in [5, 5.41) is 0. The van der Waals surface area contributed by atoms with Crippen molar-refractivity contribution in [2.24, 2.45) is 0 Å². The fourth-order valence-corrected chi connectivity index (χ4v) is 6.58.